The lowest BCUT2D eigenvalue weighted by Gasteiger charge is -2.22. The van der Waals surface area contributed by atoms with Gasteiger partial charge in [-0.1, -0.05) is 6.07 Å². The van der Waals surface area contributed by atoms with E-state index in [9.17, 15) is 14.3 Å². The normalized spacial score (nSPS) is 18.2. The molecule has 1 unspecified atom stereocenters. The van der Waals surface area contributed by atoms with Gasteiger partial charge in [0.25, 0.3) is 0 Å². The minimum absolute atomic E-state index is 0.0739. The zero-order valence-electron chi connectivity index (χ0n) is 16.2. The number of anilines is 2. The number of benzene rings is 1. The first kappa shape index (κ1) is 19.7. The zero-order valence-corrected chi connectivity index (χ0v) is 16.2. The van der Waals surface area contributed by atoms with Gasteiger partial charge in [-0.15, -0.1) is 10.2 Å². The van der Waals surface area contributed by atoms with Crippen LogP contribution in [0.15, 0.2) is 40.9 Å². The fraction of sp³-hybridized carbons (Fsp3) is 0.316. The summed E-state index contributed by atoms with van der Waals surface area (Å²) >= 11 is 0. The highest BCUT2D eigenvalue weighted by Gasteiger charge is 2.38. The number of cyclic esters (lactones) is 1. The lowest BCUT2D eigenvalue weighted by Crippen LogP contribution is -2.41. The molecular weight excluding hydrogens is 395 g/mol. The summed E-state index contributed by atoms with van der Waals surface area (Å²) in [4.78, 5) is 21.8. The summed E-state index contributed by atoms with van der Waals surface area (Å²) < 4.78 is 24.1. The Balaban J connectivity index is 1.51. The molecule has 0 saturated carbocycles. The zero-order chi connectivity index (χ0) is 21.3. The Morgan fingerprint density at radius 3 is 2.90 bits per heavy atom. The molecule has 2 N–H and O–H groups in total. The van der Waals surface area contributed by atoms with Crippen molar-refractivity contribution in [2.24, 2.45) is 0 Å². The lowest BCUT2D eigenvalue weighted by atomic mass is 10.2. The third-order valence-electron chi connectivity index (χ3n) is 4.58. The van der Waals surface area contributed by atoms with Gasteiger partial charge in [0.2, 0.25) is 17.7 Å². The van der Waals surface area contributed by atoms with Crippen LogP contribution in [0.4, 0.5) is 21.0 Å². The van der Waals surface area contributed by atoms with Gasteiger partial charge in [0, 0.05) is 11.8 Å². The van der Waals surface area contributed by atoms with E-state index in [1.165, 1.54) is 23.2 Å². The number of aromatic nitrogens is 4. The van der Waals surface area contributed by atoms with Crippen molar-refractivity contribution in [3.63, 3.8) is 0 Å². The Morgan fingerprint density at radius 2 is 2.13 bits per heavy atom. The molecule has 10 nitrogen and oxygen atoms in total. The predicted molar refractivity (Wildman–Crippen MR) is 103 cm³/mol. The van der Waals surface area contributed by atoms with Crippen molar-refractivity contribution in [2.45, 2.75) is 32.0 Å². The molecule has 156 valence electrons. The SMILES string of the molecule is CC(Nc1nccc(N2C(=O)OC[C@@H]2[C@@H](C)O)n1)c1nnc(-c2cccc(F)c2)o1. The number of hydrogen-bond donors (Lipinski definition) is 2. The van der Waals surface area contributed by atoms with E-state index in [0.717, 1.165) is 0 Å². The molecule has 1 amide bonds. The van der Waals surface area contributed by atoms with Crippen molar-refractivity contribution < 1.29 is 23.4 Å². The Bertz CT molecular complexity index is 1060. The van der Waals surface area contributed by atoms with Crippen LogP contribution < -0.4 is 10.2 Å². The van der Waals surface area contributed by atoms with Crippen molar-refractivity contribution in [3.8, 4) is 11.5 Å². The summed E-state index contributed by atoms with van der Waals surface area (Å²) in [6, 6.07) is 6.39. The number of hydrogen-bond acceptors (Lipinski definition) is 9. The molecule has 0 aliphatic carbocycles. The van der Waals surface area contributed by atoms with E-state index in [1.54, 1.807) is 32.0 Å². The van der Waals surface area contributed by atoms with Crippen molar-refractivity contribution in [1.82, 2.24) is 20.2 Å². The van der Waals surface area contributed by atoms with Crippen LogP contribution >= 0.6 is 0 Å². The number of carbonyl (C=O) groups excluding carboxylic acids is 1. The molecule has 1 aliphatic heterocycles. The van der Waals surface area contributed by atoms with Crippen LogP contribution in [0.3, 0.4) is 0 Å². The quantitative estimate of drug-likeness (QED) is 0.625. The summed E-state index contributed by atoms with van der Waals surface area (Å²) in [5.41, 5.74) is 0.468. The van der Waals surface area contributed by atoms with Gasteiger partial charge in [-0.05, 0) is 38.1 Å². The molecule has 1 saturated heterocycles. The minimum Gasteiger partial charge on any atom is -0.447 e. The Kier molecular flexibility index (Phi) is 5.27. The number of amides is 1. The molecule has 2 aromatic heterocycles. The molecule has 0 bridgehead atoms. The van der Waals surface area contributed by atoms with E-state index in [2.05, 4.69) is 25.5 Å². The second-order valence-corrected chi connectivity index (χ2v) is 6.82. The van der Waals surface area contributed by atoms with Crippen LogP contribution in [0.25, 0.3) is 11.5 Å². The average molecular weight is 414 g/mol. The van der Waals surface area contributed by atoms with Crippen LogP contribution in [0.1, 0.15) is 25.8 Å². The number of aliphatic hydroxyl groups is 1. The summed E-state index contributed by atoms with van der Waals surface area (Å²) in [6.45, 7) is 3.42. The van der Waals surface area contributed by atoms with E-state index in [-0.39, 0.29) is 24.3 Å². The largest absolute Gasteiger partial charge is 0.447 e. The molecule has 4 rings (SSSR count). The van der Waals surface area contributed by atoms with Crippen LogP contribution in [0, 0.1) is 5.82 Å². The summed E-state index contributed by atoms with van der Waals surface area (Å²) in [6.07, 6.45) is 0.102. The van der Waals surface area contributed by atoms with Crippen LogP contribution in [0.5, 0.6) is 0 Å². The highest BCUT2D eigenvalue weighted by Crippen LogP contribution is 2.26. The standard InChI is InChI=1S/C19H19FN6O4/c1-10(16-24-25-17(30-16)12-4-3-5-13(20)8-12)22-18-21-7-6-15(23-18)26-14(11(2)27)9-29-19(26)28/h3-8,10-11,14,27H,9H2,1-2H3,(H,21,22,23)/t10?,11-,14-/m1/s1. The third-order valence-corrected chi connectivity index (χ3v) is 4.58. The van der Waals surface area contributed by atoms with E-state index < -0.39 is 30.1 Å². The first-order chi connectivity index (χ1) is 14.4. The monoisotopic (exact) mass is 414 g/mol. The molecule has 11 heteroatoms. The minimum atomic E-state index is -0.790. The number of nitrogens with one attached hydrogen (secondary N) is 1. The fourth-order valence-electron chi connectivity index (χ4n) is 3.01. The summed E-state index contributed by atoms with van der Waals surface area (Å²) in [5.74, 6) is 0.548. The Hall–Kier alpha value is -3.60. The molecule has 3 heterocycles. The van der Waals surface area contributed by atoms with Crippen molar-refractivity contribution in [1.29, 1.82) is 0 Å². The molecule has 0 radical (unpaired) electrons. The Labute approximate surface area is 170 Å². The summed E-state index contributed by atoms with van der Waals surface area (Å²) in [5, 5.41) is 20.9. The van der Waals surface area contributed by atoms with Crippen molar-refractivity contribution in [2.75, 3.05) is 16.8 Å². The van der Waals surface area contributed by atoms with Gasteiger partial charge in [0.05, 0.1) is 6.10 Å². The van der Waals surface area contributed by atoms with Gasteiger partial charge in [-0.25, -0.2) is 14.2 Å². The number of rotatable bonds is 6. The molecule has 1 aliphatic rings. The summed E-state index contributed by atoms with van der Waals surface area (Å²) in [7, 11) is 0. The molecule has 3 atom stereocenters. The molecule has 0 spiro atoms. The molecule has 1 aromatic carbocycles. The molecular formula is C19H19FN6O4. The highest BCUT2D eigenvalue weighted by atomic mass is 19.1. The molecule has 30 heavy (non-hydrogen) atoms. The topological polar surface area (TPSA) is 127 Å². The second-order valence-electron chi connectivity index (χ2n) is 6.82. The maximum Gasteiger partial charge on any atom is 0.416 e. The fourth-order valence-corrected chi connectivity index (χ4v) is 3.01. The van der Waals surface area contributed by atoms with Crippen molar-refractivity contribution >= 4 is 17.9 Å². The number of halogens is 1. The third kappa shape index (κ3) is 3.92. The van der Waals surface area contributed by atoms with Gasteiger partial charge >= 0.3 is 6.09 Å². The average Bonchev–Trinajstić information content (AvgIpc) is 3.35. The molecule has 1 fully saturated rings. The number of aliphatic hydroxyl groups excluding tert-OH is 1. The van der Waals surface area contributed by atoms with Gasteiger partial charge in [0.15, 0.2) is 0 Å². The van der Waals surface area contributed by atoms with E-state index in [1.807, 2.05) is 0 Å². The first-order valence-corrected chi connectivity index (χ1v) is 9.25. The van der Waals surface area contributed by atoms with Gasteiger partial charge < -0.3 is 19.6 Å². The maximum absolute atomic E-state index is 13.4. The first-order valence-electron chi connectivity index (χ1n) is 9.25. The number of carbonyl (C=O) groups is 1. The van der Waals surface area contributed by atoms with E-state index in [0.29, 0.717) is 11.4 Å². The van der Waals surface area contributed by atoms with Crippen LogP contribution in [0.2, 0.25) is 0 Å². The van der Waals surface area contributed by atoms with Gasteiger partial charge in [-0.3, -0.25) is 4.90 Å². The maximum atomic E-state index is 13.4. The van der Waals surface area contributed by atoms with Gasteiger partial charge in [-0.2, -0.15) is 4.98 Å². The Morgan fingerprint density at radius 1 is 1.30 bits per heavy atom. The second kappa shape index (κ2) is 8.03. The van der Waals surface area contributed by atoms with Crippen LogP contribution in [-0.4, -0.2) is 50.1 Å². The molecule has 3 aromatic rings. The highest BCUT2D eigenvalue weighted by molar-refractivity contribution is 5.89. The number of nitrogens with zero attached hydrogens (tertiary/aromatic N) is 5. The van der Waals surface area contributed by atoms with E-state index >= 15 is 0 Å². The number of ether oxygens (including phenoxy) is 1. The van der Waals surface area contributed by atoms with E-state index in [4.69, 9.17) is 9.15 Å². The predicted octanol–water partition coefficient (Wildman–Crippen LogP) is 2.54. The van der Waals surface area contributed by atoms with Gasteiger partial charge in [0.1, 0.15) is 30.3 Å². The smallest absolute Gasteiger partial charge is 0.416 e. The lowest BCUT2D eigenvalue weighted by molar-refractivity contribution is 0.142. The van der Waals surface area contributed by atoms with Crippen molar-refractivity contribution in [3.05, 3.63) is 48.2 Å². The van der Waals surface area contributed by atoms with Crippen LogP contribution in [-0.2, 0) is 4.74 Å².